The van der Waals surface area contributed by atoms with E-state index in [1.165, 1.54) is 0 Å². The zero-order valence-electron chi connectivity index (χ0n) is 20.4. The minimum atomic E-state index is -0.943. The van der Waals surface area contributed by atoms with Crippen molar-refractivity contribution in [2.45, 2.75) is 71.8 Å². The zero-order chi connectivity index (χ0) is 25.9. The van der Waals surface area contributed by atoms with Gasteiger partial charge in [-0.25, -0.2) is 9.59 Å². The van der Waals surface area contributed by atoms with Crippen molar-refractivity contribution in [2.75, 3.05) is 11.9 Å². The molecule has 0 aliphatic carbocycles. The maximum atomic E-state index is 13.0. The van der Waals surface area contributed by atoms with Crippen LogP contribution in [0.3, 0.4) is 0 Å². The second-order valence-corrected chi connectivity index (χ2v) is 9.21. The first-order valence-electron chi connectivity index (χ1n) is 11.2. The summed E-state index contributed by atoms with van der Waals surface area (Å²) in [6.45, 7) is 8.76. The van der Waals surface area contributed by atoms with Crippen molar-refractivity contribution >= 4 is 29.6 Å². The van der Waals surface area contributed by atoms with E-state index in [1.807, 2.05) is 0 Å². The zero-order valence-corrected chi connectivity index (χ0v) is 20.4. The molecule has 190 valence electrons. The summed E-state index contributed by atoms with van der Waals surface area (Å²) < 4.78 is 5.24. The van der Waals surface area contributed by atoms with E-state index in [0.29, 0.717) is 17.7 Å². The number of rotatable bonds is 11. The first-order valence-corrected chi connectivity index (χ1v) is 11.2. The van der Waals surface area contributed by atoms with Crippen molar-refractivity contribution in [1.29, 1.82) is 0 Å². The molecule has 0 aliphatic heterocycles. The number of ether oxygens (including phenoxy) is 1. The summed E-state index contributed by atoms with van der Waals surface area (Å²) in [5, 5.41) is 19.6. The van der Waals surface area contributed by atoms with Crippen LogP contribution in [0.5, 0.6) is 0 Å². The van der Waals surface area contributed by atoms with Crippen LogP contribution in [0.2, 0.25) is 0 Å². The maximum absolute atomic E-state index is 13.0. The standard InChI is InChI=1S/C23H37N5O6/c1-14(2)18(28-22(33)34-23(3,4)5)20(31)27-17(7-6-12-25-21(24)32)19(30)26-16-10-8-15(13-29)9-11-16/h8-11,14,17-18,29H,6-7,12-13H2,1-5H3,(H,26,30)(H,27,31)(H,28,33)(H3,24,25,32). The summed E-state index contributed by atoms with van der Waals surface area (Å²) in [6.07, 6.45) is -0.155. The van der Waals surface area contributed by atoms with Gasteiger partial charge in [-0.3, -0.25) is 9.59 Å². The molecule has 0 aliphatic rings. The molecule has 2 unspecified atom stereocenters. The Morgan fingerprint density at radius 2 is 1.65 bits per heavy atom. The van der Waals surface area contributed by atoms with Gasteiger partial charge in [0.15, 0.2) is 0 Å². The summed E-state index contributed by atoms with van der Waals surface area (Å²) in [5.74, 6) is -1.29. The van der Waals surface area contributed by atoms with Gasteiger partial charge in [-0.05, 0) is 57.2 Å². The van der Waals surface area contributed by atoms with Gasteiger partial charge < -0.3 is 36.8 Å². The van der Waals surface area contributed by atoms with Gasteiger partial charge in [-0.2, -0.15) is 0 Å². The number of carbonyl (C=O) groups excluding carboxylic acids is 4. The van der Waals surface area contributed by atoms with E-state index in [1.54, 1.807) is 58.9 Å². The van der Waals surface area contributed by atoms with Crippen molar-refractivity contribution < 1.29 is 29.0 Å². The van der Waals surface area contributed by atoms with Crippen LogP contribution in [-0.2, 0) is 20.9 Å². The van der Waals surface area contributed by atoms with Crippen LogP contribution in [0, 0.1) is 5.92 Å². The minimum Gasteiger partial charge on any atom is -0.444 e. The average molecular weight is 480 g/mol. The molecule has 0 bridgehead atoms. The van der Waals surface area contributed by atoms with Crippen LogP contribution in [0.25, 0.3) is 0 Å². The highest BCUT2D eigenvalue weighted by atomic mass is 16.6. The number of urea groups is 1. The van der Waals surface area contributed by atoms with Gasteiger partial charge in [0, 0.05) is 12.2 Å². The number of benzene rings is 1. The molecule has 0 radical (unpaired) electrons. The van der Waals surface area contributed by atoms with Gasteiger partial charge in [-0.1, -0.05) is 26.0 Å². The highest BCUT2D eigenvalue weighted by Crippen LogP contribution is 2.12. The number of aliphatic hydroxyl groups is 1. The fourth-order valence-electron chi connectivity index (χ4n) is 2.94. The quantitative estimate of drug-likeness (QED) is 0.263. The number of primary amides is 1. The van der Waals surface area contributed by atoms with E-state index in [0.717, 1.165) is 0 Å². The van der Waals surface area contributed by atoms with Crippen molar-refractivity contribution in [3.8, 4) is 0 Å². The molecule has 5 amide bonds. The molecule has 11 nitrogen and oxygen atoms in total. The van der Waals surface area contributed by atoms with E-state index in [-0.39, 0.29) is 25.5 Å². The lowest BCUT2D eigenvalue weighted by Gasteiger charge is -2.27. The van der Waals surface area contributed by atoms with Crippen molar-refractivity contribution in [3.63, 3.8) is 0 Å². The lowest BCUT2D eigenvalue weighted by molar-refractivity contribution is -0.128. The Morgan fingerprint density at radius 1 is 1.03 bits per heavy atom. The van der Waals surface area contributed by atoms with Crippen LogP contribution < -0.4 is 27.0 Å². The Kier molecular flexibility index (Phi) is 11.3. The van der Waals surface area contributed by atoms with Crippen LogP contribution in [-0.4, -0.2) is 53.3 Å². The smallest absolute Gasteiger partial charge is 0.408 e. The van der Waals surface area contributed by atoms with E-state index in [9.17, 15) is 19.2 Å². The molecule has 11 heteroatoms. The first kappa shape index (κ1) is 28.7. The summed E-state index contributed by atoms with van der Waals surface area (Å²) in [7, 11) is 0. The lowest BCUT2D eigenvalue weighted by atomic mass is 10.0. The Hall–Kier alpha value is -3.34. The van der Waals surface area contributed by atoms with Crippen molar-refractivity contribution in [3.05, 3.63) is 29.8 Å². The summed E-state index contributed by atoms with van der Waals surface area (Å²) >= 11 is 0. The van der Waals surface area contributed by atoms with Gasteiger partial charge in [0.05, 0.1) is 6.61 Å². The topological polar surface area (TPSA) is 172 Å². The van der Waals surface area contributed by atoms with Crippen LogP contribution in [0.1, 0.15) is 53.0 Å². The van der Waals surface area contributed by atoms with Gasteiger partial charge in [0.25, 0.3) is 0 Å². The molecule has 0 saturated heterocycles. The molecule has 2 atom stereocenters. The predicted molar refractivity (Wildman–Crippen MR) is 128 cm³/mol. The number of anilines is 1. The van der Waals surface area contributed by atoms with E-state index in [2.05, 4.69) is 21.3 Å². The largest absolute Gasteiger partial charge is 0.444 e. The fourth-order valence-corrected chi connectivity index (χ4v) is 2.94. The third-order valence-electron chi connectivity index (χ3n) is 4.63. The number of aliphatic hydroxyl groups excluding tert-OH is 1. The number of amides is 5. The minimum absolute atomic E-state index is 0.124. The molecule has 0 fully saturated rings. The van der Waals surface area contributed by atoms with Gasteiger partial charge in [0.2, 0.25) is 11.8 Å². The number of nitrogens with two attached hydrogens (primary N) is 1. The first-order chi connectivity index (χ1) is 15.8. The molecule has 0 heterocycles. The Labute approximate surface area is 200 Å². The normalized spacial score (nSPS) is 12.9. The second kappa shape index (κ2) is 13.4. The third kappa shape index (κ3) is 11.0. The number of nitrogens with one attached hydrogen (secondary N) is 4. The van der Waals surface area contributed by atoms with E-state index < -0.39 is 41.6 Å². The molecular weight excluding hydrogens is 442 g/mol. The predicted octanol–water partition coefficient (Wildman–Crippen LogP) is 1.60. The SMILES string of the molecule is CC(C)C(NC(=O)OC(C)(C)C)C(=O)NC(CCCNC(N)=O)C(=O)Nc1ccc(CO)cc1. The van der Waals surface area contributed by atoms with Crippen LogP contribution in [0.15, 0.2) is 24.3 Å². The molecular formula is C23H37N5O6. The molecule has 0 saturated carbocycles. The fraction of sp³-hybridized carbons (Fsp3) is 0.565. The van der Waals surface area contributed by atoms with E-state index >= 15 is 0 Å². The molecule has 0 aromatic heterocycles. The number of carbonyl (C=O) groups is 4. The molecule has 1 aromatic carbocycles. The summed E-state index contributed by atoms with van der Waals surface area (Å²) in [5.41, 5.74) is 5.52. The number of alkyl carbamates (subject to hydrolysis) is 1. The highest BCUT2D eigenvalue weighted by molar-refractivity contribution is 5.98. The molecule has 0 spiro atoms. The van der Waals surface area contributed by atoms with Crippen molar-refractivity contribution in [2.24, 2.45) is 11.7 Å². The lowest BCUT2D eigenvalue weighted by Crippen LogP contribution is -2.55. The van der Waals surface area contributed by atoms with Crippen LogP contribution in [0.4, 0.5) is 15.3 Å². The molecule has 1 rings (SSSR count). The Morgan fingerprint density at radius 3 is 2.15 bits per heavy atom. The molecule has 1 aromatic rings. The maximum Gasteiger partial charge on any atom is 0.408 e. The number of hydrogen-bond acceptors (Lipinski definition) is 6. The monoisotopic (exact) mass is 479 g/mol. The molecule has 7 N–H and O–H groups in total. The summed E-state index contributed by atoms with van der Waals surface area (Å²) in [4.78, 5) is 49.0. The Bertz CT molecular complexity index is 835. The highest BCUT2D eigenvalue weighted by Gasteiger charge is 2.30. The van der Waals surface area contributed by atoms with E-state index in [4.69, 9.17) is 15.6 Å². The molecule has 34 heavy (non-hydrogen) atoms. The van der Waals surface area contributed by atoms with Gasteiger partial charge >= 0.3 is 12.1 Å². The number of hydrogen-bond donors (Lipinski definition) is 6. The average Bonchev–Trinajstić information content (AvgIpc) is 2.72. The van der Waals surface area contributed by atoms with Gasteiger partial charge in [0.1, 0.15) is 17.7 Å². The van der Waals surface area contributed by atoms with Crippen LogP contribution >= 0.6 is 0 Å². The summed E-state index contributed by atoms with van der Waals surface area (Å²) in [6, 6.07) is 4.05. The van der Waals surface area contributed by atoms with Crippen molar-refractivity contribution in [1.82, 2.24) is 16.0 Å². The van der Waals surface area contributed by atoms with Gasteiger partial charge in [-0.15, -0.1) is 0 Å². The second-order valence-electron chi connectivity index (χ2n) is 9.21. The third-order valence-corrected chi connectivity index (χ3v) is 4.63. The Balaban J connectivity index is 2.92.